The van der Waals surface area contributed by atoms with Crippen molar-refractivity contribution < 1.29 is 9.59 Å². The van der Waals surface area contributed by atoms with E-state index in [1.807, 2.05) is 0 Å². The number of hydrogen-bond donors (Lipinski definition) is 1. The van der Waals surface area contributed by atoms with Gasteiger partial charge in [0.05, 0.1) is 0 Å². The van der Waals surface area contributed by atoms with Gasteiger partial charge in [0.15, 0.2) is 0 Å². The molecule has 1 aliphatic heterocycles. The summed E-state index contributed by atoms with van der Waals surface area (Å²) in [6, 6.07) is 0.178. The van der Waals surface area contributed by atoms with E-state index >= 15 is 0 Å². The van der Waals surface area contributed by atoms with Gasteiger partial charge in [-0.1, -0.05) is 0 Å². The number of likely N-dealkylation sites (N-methyl/N-ethyl adjacent to an activating group) is 1. The van der Waals surface area contributed by atoms with Crippen LogP contribution in [0, 0.1) is 0 Å². The monoisotopic (exact) mass is 212 g/mol. The molecule has 1 rings (SSSR count). The Morgan fingerprint density at radius 1 is 1.40 bits per heavy atom. The predicted molar refractivity (Wildman–Crippen MR) is 58.6 cm³/mol. The van der Waals surface area contributed by atoms with Crippen molar-refractivity contribution in [3.05, 3.63) is 0 Å². The minimum atomic E-state index is -0.381. The van der Waals surface area contributed by atoms with Crippen LogP contribution in [-0.4, -0.2) is 41.8 Å². The second-order valence-corrected chi connectivity index (χ2v) is 4.93. The summed E-state index contributed by atoms with van der Waals surface area (Å²) in [4.78, 5) is 24.1. The molecule has 1 atom stereocenters. The molecule has 0 aromatic heterocycles. The van der Waals surface area contributed by atoms with Gasteiger partial charge >= 0.3 is 0 Å². The van der Waals surface area contributed by atoms with E-state index in [1.54, 1.807) is 11.9 Å². The normalized spacial score (nSPS) is 24.7. The molecule has 0 aromatic rings. The van der Waals surface area contributed by atoms with Crippen LogP contribution in [0.4, 0.5) is 0 Å². The van der Waals surface area contributed by atoms with Gasteiger partial charge in [-0.2, -0.15) is 0 Å². The molecule has 1 aliphatic rings. The average Bonchev–Trinajstić information content (AvgIpc) is 2.13. The van der Waals surface area contributed by atoms with E-state index in [0.29, 0.717) is 0 Å². The minimum absolute atomic E-state index is 0.0498. The smallest absolute Gasteiger partial charge is 0.289 e. The fourth-order valence-electron chi connectivity index (χ4n) is 2.09. The number of amides is 1. The first-order valence-corrected chi connectivity index (χ1v) is 5.36. The molecule has 1 N–H and O–H groups in total. The molecule has 0 radical (unpaired) electrons. The molecule has 0 aromatic carbocycles. The highest BCUT2D eigenvalue weighted by Gasteiger charge is 2.32. The molecular formula is C11H20N2O2. The van der Waals surface area contributed by atoms with Gasteiger partial charge in [0.25, 0.3) is 5.91 Å². The number of piperidine rings is 1. The molecule has 1 saturated heterocycles. The third-order valence-corrected chi connectivity index (χ3v) is 3.00. The summed E-state index contributed by atoms with van der Waals surface area (Å²) in [5, 5.41) is 3.39. The van der Waals surface area contributed by atoms with Crippen LogP contribution in [0.1, 0.15) is 33.6 Å². The van der Waals surface area contributed by atoms with Gasteiger partial charge in [-0.15, -0.1) is 0 Å². The zero-order valence-electron chi connectivity index (χ0n) is 9.96. The molecule has 4 heteroatoms. The number of nitrogens with zero attached hydrogens (tertiary/aromatic N) is 1. The molecule has 0 spiro atoms. The molecule has 0 saturated carbocycles. The predicted octanol–water partition coefficient (Wildman–Crippen LogP) is 0.564. The summed E-state index contributed by atoms with van der Waals surface area (Å²) >= 11 is 0. The average molecular weight is 212 g/mol. The summed E-state index contributed by atoms with van der Waals surface area (Å²) in [5.74, 6) is -0.758. The van der Waals surface area contributed by atoms with Gasteiger partial charge < -0.3 is 10.2 Å². The number of carbonyl (C=O) groups excluding carboxylic acids is 2. The number of ketones is 1. The van der Waals surface area contributed by atoms with Gasteiger partial charge in [-0.25, -0.2) is 0 Å². The first kappa shape index (κ1) is 12.2. The van der Waals surface area contributed by atoms with Crippen LogP contribution in [0.5, 0.6) is 0 Å². The topological polar surface area (TPSA) is 49.4 Å². The summed E-state index contributed by atoms with van der Waals surface area (Å²) in [5.41, 5.74) is 0.0498. The third-order valence-electron chi connectivity index (χ3n) is 3.00. The van der Waals surface area contributed by atoms with Gasteiger partial charge in [0, 0.05) is 25.6 Å². The molecule has 4 nitrogen and oxygen atoms in total. The molecule has 1 heterocycles. The van der Waals surface area contributed by atoms with Gasteiger partial charge in [-0.05, 0) is 33.2 Å². The van der Waals surface area contributed by atoms with Crippen LogP contribution in [0.2, 0.25) is 0 Å². The lowest BCUT2D eigenvalue weighted by atomic mass is 9.88. The van der Waals surface area contributed by atoms with Crippen molar-refractivity contribution in [2.24, 2.45) is 0 Å². The molecule has 1 unspecified atom stereocenters. The van der Waals surface area contributed by atoms with Crippen LogP contribution in [-0.2, 0) is 9.59 Å². The Balaban J connectivity index is 2.64. The lowest BCUT2D eigenvalue weighted by molar-refractivity contribution is -0.144. The minimum Gasteiger partial charge on any atom is -0.336 e. The SMILES string of the molecule is CC(=O)C(=O)N(C)C1CCNC(C)(C)C1. The van der Waals surface area contributed by atoms with Crippen molar-refractivity contribution in [2.75, 3.05) is 13.6 Å². The first-order chi connectivity index (χ1) is 6.83. The Morgan fingerprint density at radius 3 is 2.47 bits per heavy atom. The molecule has 0 bridgehead atoms. The Labute approximate surface area is 91.0 Å². The standard InChI is InChI=1S/C11H20N2O2/c1-8(14)10(15)13(4)9-5-6-12-11(2,3)7-9/h9,12H,5-7H2,1-4H3. The lowest BCUT2D eigenvalue weighted by Gasteiger charge is -2.40. The van der Waals surface area contributed by atoms with Gasteiger partial charge in [-0.3, -0.25) is 9.59 Å². The van der Waals surface area contributed by atoms with E-state index in [1.165, 1.54) is 6.92 Å². The highest BCUT2D eigenvalue weighted by molar-refractivity contribution is 6.35. The van der Waals surface area contributed by atoms with Crippen LogP contribution >= 0.6 is 0 Å². The van der Waals surface area contributed by atoms with Crippen LogP contribution < -0.4 is 5.32 Å². The zero-order chi connectivity index (χ0) is 11.6. The third kappa shape index (κ3) is 3.02. The second kappa shape index (κ2) is 4.31. The van der Waals surface area contributed by atoms with Gasteiger partial charge in [0.1, 0.15) is 0 Å². The Bertz CT molecular complexity index is 274. The van der Waals surface area contributed by atoms with E-state index < -0.39 is 0 Å². The molecule has 1 amide bonds. The molecular weight excluding hydrogens is 192 g/mol. The maximum Gasteiger partial charge on any atom is 0.289 e. The van der Waals surface area contributed by atoms with Crippen molar-refractivity contribution in [3.8, 4) is 0 Å². The Morgan fingerprint density at radius 2 is 2.00 bits per heavy atom. The fourth-order valence-corrected chi connectivity index (χ4v) is 2.09. The van der Waals surface area contributed by atoms with Gasteiger partial charge in [0.2, 0.25) is 5.78 Å². The highest BCUT2D eigenvalue weighted by atomic mass is 16.2. The lowest BCUT2D eigenvalue weighted by Crippen LogP contribution is -2.54. The van der Waals surface area contributed by atoms with Crippen molar-refractivity contribution in [3.63, 3.8) is 0 Å². The van der Waals surface area contributed by atoms with Crippen molar-refractivity contribution in [1.29, 1.82) is 0 Å². The zero-order valence-corrected chi connectivity index (χ0v) is 9.96. The van der Waals surface area contributed by atoms with Crippen molar-refractivity contribution >= 4 is 11.7 Å². The van der Waals surface area contributed by atoms with Crippen molar-refractivity contribution in [2.45, 2.75) is 45.2 Å². The van der Waals surface area contributed by atoms with E-state index in [-0.39, 0.29) is 23.3 Å². The van der Waals surface area contributed by atoms with E-state index in [4.69, 9.17) is 0 Å². The maximum atomic E-state index is 11.5. The largest absolute Gasteiger partial charge is 0.336 e. The summed E-state index contributed by atoms with van der Waals surface area (Å²) in [7, 11) is 1.72. The van der Waals surface area contributed by atoms with E-state index in [0.717, 1.165) is 19.4 Å². The summed E-state index contributed by atoms with van der Waals surface area (Å²) in [6.45, 7) is 6.45. The number of nitrogens with one attached hydrogen (secondary N) is 1. The van der Waals surface area contributed by atoms with E-state index in [2.05, 4.69) is 19.2 Å². The molecule has 0 aliphatic carbocycles. The number of rotatable bonds is 2. The summed E-state index contributed by atoms with van der Waals surface area (Å²) < 4.78 is 0. The van der Waals surface area contributed by atoms with Crippen molar-refractivity contribution in [1.82, 2.24) is 10.2 Å². The van der Waals surface area contributed by atoms with Crippen LogP contribution in [0.3, 0.4) is 0 Å². The quantitative estimate of drug-likeness (QED) is 0.681. The Hall–Kier alpha value is -0.900. The maximum absolute atomic E-state index is 11.5. The fraction of sp³-hybridized carbons (Fsp3) is 0.818. The number of Topliss-reactive ketones (excluding diaryl/α,β-unsaturated/α-hetero) is 1. The second-order valence-electron chi connectivity index (χ2n) is 4.93. The highest BCUT2D eigenvalue weighted by Crippen LogP contribution is 2.22. The van der Waals surface area contributed by atoms with Crippen LogP contribution in [0.25, 0.3) is 0 Å². The molecule has 86 valence electrons. The number of hydrogen-bond acceptors (Lipinski definition) is 3. The molecule has 1 fully saturated rings. The summed E-state index contributed by atoms with van der Waals surface area (Å²) in [6.07, 6.45) is 1.81. The first-order valence-electron chi connectivity index (χ1n) is 5.36. The molecule has 15 heavy (non-hydrogen) atoms. The van der Waals surface area contributed by atoms with Crippen LogP contribution in [0.15, 0.2) is 0 Å². The van der Waals surface area contributed by atoms with E-state index in [9.17, 15) is 9.59 Å². The Kier molecular flexibility index (Phi) is 3.50. The number of carbonyl (C=O) groups is 2.